The number of Topliss-reactive ketones (excluding diaryl/α,β-unsaturated/α-hetero) is 1. The predicted octanol–water partition coefficient (Wildman–Crippen LogP) is 0.215. The van der Waals surface area contributed by atoms with Crippen molar-refractivity contribution in [3.63, 3.8) is 0 Å². The van der Waals surface area contributed by atoms with E-state index < -0.39 is 65.2 Å². The van der Waals surface area contributed by atoms with E-state index in [4.69, 9.17) is 13.3 Å². The number of carbonyl (C=O) groups is 1. The van der Waals surface area contributed by atoms with Gasteiger partial charge >= 0.3 is 5.69 Å². The minimum Gasteiger partial charge on any atom is -0.406 e. The fraction of sp³-hybridized carbons (Fsp3) is 0.773. The lowest BCUT2D eigenvalue weighted by molar-refractivity contribution is -0.182. The fourth-order valence-corrected chi connectivity index (χ4v) is 8.05. The Hall–Kier alpha value is -1.68. The van der Waals surface area contributed by atoms with E-state index in [9.17, 15) is 27.9 Å². The van der Waals surface area contributed by atoms with E-state index in [0.717, 1.165) is 4.57 Å². The van der Waals surface area contributed by atoms with Crippen LogP contribution in [0.1, 0.15) is 45.9 Å². The number of aromatic amines is 1. The number of nitrogens with zero attached hydrogens (tertiary/aromatic N) is 2. The maximum atomic E-state index is 12.9. The van der Waals surface area contributed by atoms with Crippen molar-refractivity contribution in [2.45, 2.75) is 88.9 Å². The molecule has 3 aliphatic heterocycles. The van der Waals surface area contributed by atoms with Crippen molar-refractivity contribution in [1.29, 1.82) is 0 Å². The Labute approximate surface area is 210 Å². The zero-order valence-electron chi connectivity index (χ0n) is 21.7. The molecular weight excluding hydrogens is 510 g/mol. The first-order chi connectivity index (χ1) is 16.3. The number of ketones is 1. The van der Waals surface area contributed by atoms with Gasteiger partial charge in [-0.25, -0.2) is 4.79 Å². The van der Waals surface area contributed by atoms with Crippen LogP contribution in [-0.2, 0) is 28.3 Å². The molecule has 0 aliphatic carbocycles. The predicted molar refractivity (Wildman–Crippen MR) is 131 cm³/mol. The van der Waals surface area contributed by atoms with E-state index in [1.165, 1.54) is 24.9 Å². The number of ether oxygens (including phenoxy) is 1. The van der Waals surface area contributed by atoms with Crippen LogP contribution in [0.5, 0.6) is 0 Å². The summed E-state index contributed by atoms with van der Waals surface area (Å²) in [5.74, 6) is -0.851. The Bertz CT molecular complexity index is 1300. The number of aromatic nitrogens is 2. The molecule has 0 unspecified atom stereocenters. The average Bonchev–Trinajstić information content (AvgIpc) is 3.19. The SMILES string of the molecule is CC(=O)CCN1C[C@H]2O[C@@H](n3cc(C)c(=O)[nH]c3=O)[C@H](O[Si](C)(C)C(C)(C)C)[C@]23OS(=O)(=O)C[C@]13O. The molecule has 0 aromatic carbocycles. The number of H-pyrrole nitrogens is 1. The highest BCUT2D eigenvalue weighted by molar-refractivity contribution is 7.87. The number of nitrogens with one attached hydrogen (secondary N) is 1. The molecule has 5 atom stereocenters. The third-order valence-electron chi connectivity index (χ3n) is 8.02. The first-order valence-electron chi connectivity index (χ1n) is 11.9. The monoisotopic (exact) mass is 545 g/mol. The molecule has 3 aliphatic rings. The Kier molecular flexibility index (Phi) is 6.39. The van der Waals surface area contributed by atoms with Gasteiger partial charge < -0.3 is 14.3 Å². The van der Waals surface area contributed by atoms with Crippen LogP contribution in [0.4, 0.5) is 0 Å². The van der Waals surface area contributed by atoms with Crippen molar-refractivity contribution in [2.75, 3.05) is 18.8 Å². The largest absolute Gasteiger partial charge is 0.406 e. The van der Waals surface area contributed by atoms with Crippen molar-refractivity contribution >= 4 is 24.2 Å². The molecule has 4 rings (SSSR count). The molecule has 1 aromatic heterocycles. The third kappa shape index (κ3) is 4.06. The standard InChI is InChI=1S/C22H35N3O9SSi/c1-13-10-25(19(28)23-17(13)27)18-16(33-36(6,7)20(3,4)5)22-15(32-18)11-24(9-8-14(2)26)21(22,29)12-35(30,31)34-22/h10,15-16,18,29H,8-9,11-12H2,1-7H3,(H,23,27,28)/t15-,16+,18-,21-,22-/m1/s1. The van der Waals surface area contributed by atoms with Gasteiger partial charge in [0.25, 0.3) is 15.7 Å². The van der Waals surface area contributed by atoms with Crippen LogP contribution < -0.4 is 11.2 Å². The summed E-state index contributed by atoms with van der Waals surface area (Å²) in [4.78, 5) is 40.3. The Morgan fingerprint density at radius 1 is 1.33 bits per heavy atom. The minimum atomic E-state index is -4.22. The summed E-state index contributed by atoms with van der Waals surface area (Å²) in [6, 6.07) is 0. The number of aryl methyl sites for hydroxylation is 1. The van der Waals surface area contributed by atoms with Crippen LogP contribution in [0, 0.1) is 6.92 Å². The highest BCUT2D eigenvalue weighted by Gasteiger charge is 2.81. The second-order valence-corrected chi connectivity index (χ2v) is 17.9. The number of carbonyl (C=O) groups excluding carboxylic acids is 1. The molecule has 4 heterocycles. The van der Waals surface area contributed by atoms with Gasteiger partial charge in [-0.05, 0) is 32.0 Å². The van der Waals surface area contributed by atoms with Gasteiger partial charge in [0, 0.05) is 31.3 Å². The number of hydrogen-bond donors (Lipinski definition) is 2. The van der Waals surface area contributed by atoms with Crippen LogP contribution in [0.15, 0.2) is 15.8 Å². The molecule has 2 N–H and O–H groups in total. The van der Waals surface area contributed by atoms with E-state index >= 15 is 0 Å². The smallest absolute Gasteiger partial charge is 0.330 e. The molecule has 202 valence electrons. The molecule has 12 nitrogen and oxygen atoms in total. The van der Waals surface area contributed by atoms with Crippen molar-refractivity contribution in [3.8, 4) is 0 Å². The van der Waals surface area contributed by atoms with Crippen molar-refractivity contribution in [3.05, 3.63) is 32.6 Å². The second kappa shape index (κ2) is 8.41. The summed E-state index contributed by atoms with van der Waals surface area (Å²) >= 11 is 0. The lowest BCUT2D eigenvalue weighted by Gasteiger charge is -2.45. The molecule has 3 saturated heterocycles. The van der Waals surface area contributed by atoms with Gasteiger partial charge in [0.15, 0.2) is 25.9 Å². The van der Waals surface area contributed by atoms with Gasteiger partial charge in [-0.15, -0.1) is 0 Å². The molecule has 14 heteroatoms. The summed E-state index contributed by atoms with van der Waals surface area (Å²) < 4.78 is 45.7. The fourth-order valence-electron chi connectivity index (χ4n) is 5.05. The first-order valence-corrected chi connectivity index (χ1v) is 16.4. The Morgan fingerprint density at radius 3 is 2.56 bits per heavy atom. The summed E-state index contributed by atoms with van der Waals surface area (Å²) in [5.41, 5.74) is -5.01. The molecule has 36 heavy (non-hydrogen) atoms. The van der Waals surface area contributed by atoms with E-state index in [-0.39, 0.29) is 35.9 Å². The lowest BCUT2D eigenvalue weighted by Crippen LogP contribution is -2.66. The van der Waals surface area contributed by atoms with Crippen LogP contribution in [0.3, 0.4) is 0 Å². The van der Waals surface area contributed by atoms with Crippen molar-refractivity contribution < 1.29 is 31.7 Å². The van der Waals surface area contributed by atoms with Gasteiger partial charge in [-0.1, -0.05) is 20.8 Å². The summed E-state index contributed by atoms with van der Waals surface area (Å²) in [7, 11) is -6.89. The average molecular weight is 546 g/mol. The highest BCUT2D eigenvalue weighted by atomic mass is 32.2. The molecule has 0 bridgehead atoms. The van der Waals surface area contributed by atoms with Crippen LogP contribution in [0.2, 0.25) is 18.1 Å². The van der Waals surface area contributed by atoms with E-state index in [1.807, 2.05) is 33.9 Å². The molecule has 0 amide bonds. The molecule has 1 spiro atoms. The topological polar surface area (TPSA) is 157 Å². The molecule has 0 radical (unpaired) electrons. The summed E-state index contributed by atoms with van der Waals surface area (Å²) in [5, 5.41) is 11.7. The number of aliphatic hydroxyl groups is 1. The quantitative estimate of drug-likeness (QED) is 0.374. The zero-order chi connectivity index (χ0) is 27.1. The first kappa shape index (κ1) is 27.4. The van der Waals surface area contributed by atoms with E-state index in [2.05, 4.69) is 4.98 Å². The molecule has 3 fully saturated rings. The van der Waals surface area contributed by atoms with Crippen LogP contribution in [-0.4, -0.2) is 84.5 Å². The zero-order valence-corrected chi connectivity index (χ0v) is 23.5. The number of likely N-dealkylation sites (tertiary alicyclic amines) is 1. The maximum absolute atomic E-state index is 12.9. The van der Waals surface area contributed by atoms with Gasteiger partial charge in [-0.2, -0.15) is 8.42 Å². The van der Waals surface area contributed by atoms with Gasteiger partial charge in [0.05, 0.1) is 0 Å². The molecular formula is C22H35N3O9SSi. The lowest BCUT2D eigenvalue weighted by atomic mass is 9.85. The van der Waals surface area contributed by atoms with Crippen LogP contribution >= 0.6 is 0 Å². The maximum Gasteiger partial charge on any atom is 0.330 e. The number of rotatable bonds is 6. The summed E-state index contributed by atoms with van der Waals surface area (Å²) in [6.45, 7) is 13.0. The summed E-state index contributed by atoms with van der Waals surface area (Å²) in [6.07, 6.45) is -1.95. The van der Waals surface area contributed by atoms with E-state index in [0.29, 0.717) is 0 Å². The highest BCUT2D eigenvalue weighted by Crippen LogP contribution is 2.58. The minimum absolute atomic E-state index is 0.0598. The molecule has 1 aromatic rings. The Morgan fingerprint density at radius 2 is 1.97 bits per heavy atom. The molecule has 0 saturated carbocycles. The van der Waals surface area contributed by atoms with Gasteiger partial charge in [0.1, 0.15) is 23.7 Å². The van der Waals surface area contributed by atoms with E-state index in [1.54, 1.807) is 0 Å². The second-order valence-electron chi connectivity index (χ2n) is 11.6. The Balaban J connectivity index is 1.91. The normalized spacial score (nSPS) is 34.1. The number of hydrogen-bond acceptors (Lipinski definition) is 10. The van der Waals surface area contributed by atoms with Gasteiger partial charge in [0.2, 0.25) is 0 Å². The van der Waals surface area contributed by atoms with Crippen molar-refractivity contribution in [1.82, 2.24) is 14.5 Å². The van der Waals surface area contributed by atoms with Crippen molar-refractivity contribution in [2.24, 2.45) is 0 Å². The van der Waals surface area contributed by atoms with Crippen LogP contribution in [0.25, 0.3) is 0 Å². The third-order valence-corrected chi connectivity index (χ3v) is 13.8. The van der Waals surface area contributed by atoms with Gasteiger partial charge in [-0.3, -0.25) is 28.2 Å².